The molecule has 1 saturated heterocycles. The van der Waals surface area contributed by atoms with Gasteiger partial charge in [0.15, 0.2) is 0 Å². The third-order valence-corrected chi connectivity index (χ3v) is 3.65. The van der Waals surface area contributed by atoms with Crippen molar-refractivity contribution in [3.63, 3.8) is 0 Å². The average molecular weight is 245 g/mol. The molecule has 3 rings (SSSR count). The van der Waals surface area contributed by atoms with Crippen LogP contribution in [0.15, 0.2) is 30.9 Å². The largest absolute Gasteiger partial charge is 0.294 e. The maximum absolute atomic E-state index is 4.28. The van der Waals surface area contributed by atoms with E-state index in [1.165, 1.54) is 24.9 Å². The minimum Gasteiger partial charge on any atom is -0.294 e. The van der Waals surface area contributed by atoms with Gasteiger partial charge in [-0.2, -0.15) is 10.2 Å². The Balaban J connectivity index is 1.64. The molecule has 0 amide bonds. The number of likely N-dealkylation sites (tertiary alicyclic amines) is 1. The summed E-state index contributed by atoms with van der Waals surface area (Å²) in [4.78, 5) is 2.54. The van der Waals surface area contributed by atoms with E-state index in [0.717, 1.165) is 13.1 Å². The van der Waals surface area contributed by atoms with Gasteiger partial charge in [-0.15, -0.1) is 0 Å². The summed E-state index contributed by atoms with van der Waals surface area (Å²) < 4.78 is 3.89. The zero-order valence-corrected chi connectivity index (χ0v) is 10.7. The van der Waals surface area contributed by atoms with E-state index in [2.05, 4.69) is 21.3 Å². The topological polar surface area (TPSA) is 38.9 Å². The van der Waals surface area contributed by atoms with Crippen LogP contribution in [0.4, 0.5) is 0 Å². The van der Waals surface area contributed by atoms with E-state index < -0.39 is 0 Å². The van der Waals surface area contributed by atoms with E-state index in [-0.39, 0.29) is 0 Å². The lowest BCUT2D eigenvalue weighted by atomic mass is 10.1. The van der Waals surface area contributed by atoms with E-state index in [4.69, 9.17) is 0 Å². The van der Waals surface area contributed by atoms with Gasteiger partial charge in [-0.3, -0.25) is 14.3 Å². The van der Waals surface area contributed by atoms with Crippen molar-refractivity contribution >= 4 is 0 Å². The lowest BCUT2D eigenvalue weighted by molar-refractivity contribution is 0.243. The van der Waals surface area contributed by atoms with Crippen LogP contribution in [0.25, 0.3) is 0 Å². The first-order valence-electron chi connectivity index (χ1n) is 6.53. The van der Waals surface area contributed by atoms with Crippen molar-refractivity contribution in [2.75, 3.05) is 13.1 Å². The number of hydrogen-bond acceptors (Lipinski definition) is 3. The minimum absolute atomic E-state index is 0.536. The Morgan fingerprint density at radius 2 is 2.28 bits per heavy atom. The maximum atomic E-state index is 4.28. The average Bonchev–Trinajstić information content (AvgIpc) is 3.07. The van der Waals surface area contributed by atoms with Crippen LogP contribution in [0.5, 0.6) is 0 Å². The van der Waals surface area contributed by atoms with E-state index in [0.29, 0.717) is 6.04 Å². The molecule has 1 unspecified atom stereocenters. The van der Waals surface area contributed by atoms with Crippen LogP contribution < -0.4 is 0 Å². The summed E-state index contributed by atoms with van der Waals surface area (Å²) in [5.41, 5.74) is 1.34. The highest BCUT2D eigenvalue weighted by molar-refractivity contribution is 5.12. The lowest BCUT2D eigenvalue weighted by Crippen LogP contribution is -2.27. The number of aromatic nitrogens is 4. The quantitative estimate of drug-likeness (QED) is 0.818. The van der Waals surface area contributed by atoms with Crippen LogP contribution in [-0.2, 0) is 13.6 Å². The molecule has 0 saturated carbocycles. The van der Waals surface area contributed by atoms with Gasteiger partial charge in [0.05, 0.1) is 12.7 Å². The Labute approximate surface area is 107 Å². The molecule has 2 aromatic heterocycles. The van der Waals surface area contributed by atoms with Crippen LogP contribution in [-0.4, -0.2) is 37.6 Å². The first-order chi connectivity index (χ1) is 8.83. The Morgan fingerprint density at radius 1 is 1.33 bits per heavy atom. The van der Waals surface area contributed by atoms with Crippen molar-refractivity contribution in [1.82, 2.24) is 24.5 Å². The summed E-state index contributed by atoms with van der Waals surface area (Å²) in [6.45, 7) is 3.20. The fourth-order valence-corrected chi connectivity index (χ4v) is 2.75. The molecule has 18 heavy (non-hydrogen) atoms. The van der Waals surface area contributed by atoms with Crippen LogP contribution in [0.1, 0.15) is 24.4 Å². The Kier molecular flexibility index (Phi) is 3.15. The van der Waals surface area contributed by atoms with Gasteiger partial charge in [0.1, 0.15) is 0 Å². The molecule has 5 nitrogen and oxygen atoms in total. The molecule has 1 atom stereocenters. The second kappa shape index (κ2) is 4.94. The molecule has 0 radical (unpaired) electrons. The van der Waals surface area contributed by atoms with Crippen molar-refractivity contribution in [3.05, 3.63) is 36.4 Å². The zero-order valence-electron chi connectivity index (χ0n) is 10.7. The number of rotatable bonds is 4. The molecule has 1 fully saturated rings. The summed E-state index contributed by atoms with van der Waals surface area (Å²) in [6, 6.07) is 2.51. The molecule has 1 aliphatic heterocycles. The zero-order chi connectivity index (χ0) is 12.4. The fourth-order valence-electron chi connectivity index (χ4n) is 2.75. The van der Waals surface area contributed by atoms with E-state index in [9.17, 15) is 0 Å². The van der Waals surface area contributed by atoms with Gasteiger partial charge in [0, 0.05) is 43.8 Å². The highest BCUT2D eigenvalue weighted by Crippen LogP contribution is 2.31. The highest BCUT2D eigenvalue weighted by atomic mass is 15.3. The predicted molar refractivity (Wildman–Crippen MR) is 69.0 cm³/mol. The number of hydrogen-bond donors (Lipinski definition) is 0. The minimum atomic E-state index is 0.536. The Hall–Kier alpha value is -1.62. The Bertz CT molecular complexity index is 487. The summed E-state index contributed by atoms with van der Waals surface area (Å²) >= 11 is 0. The fraction of sp³-hybridized carbons (Fsp3) is 0.538. The van der Waals surface area contributed by atoms with Gasteiger partial charge < -0.3 is 0 Å². The molecule has 3 heterocycles. The molecule has 5 heteroatoms. The van der Waals surface area contributed by atoms with Gasteiger partial charge in [0.25, 0.3) is 0 Å². The number of aryl methyl sites for hydroxylation is 1. The third kappa shape index (κ3) is 2.31. The predicted octanol–water partition coefficient (Wildman–Crippen LogP) is 1.45. The molecular weight excluding hydrogens is 226 g/mol. The molecule has 0 bridgehead atoms. The molecule has 1 aliphatic rings. The monoisotopic (exact) mass is 245 g/mol. The number of nitrogens with zero attached hydrogens (tertiary/aromatic N) is 5. The van der Waals surface area contributed by atoms with E-state index in [1.54, 1.807) is 0 Å². The van der Waals surface area contributed by atoms with Crippen molar-refractivity contribution in [2.24, 2.45) is 7.05 Å². The van der Waals surface area contributed by atoms with Crippen molar-refractivity contribution in [3.8, 4) is 0 Å². The highest BCUT2D eigenvalue weighted by Gasteiger charge is 2.26. The molecule has 2 aromatic rings. The summed E-state index contributed by atoms with van der Waals surface area (Å²) in [6.07, 6.45) is 10.5. The summed E-state index contributed by atoms with van der Waals surface area (Å²) in [5, 5.41) is 8.53. The molecule has 0 aromatic carbocycles. The molecule has 0 aliphatic carbocycles. The van der Waals surface area contributed by atoms with Gasteiger partial charge in [0.2, 0.25) is 0 Å². The maximum Gasteiger partial charge on any atom is 0.0537 e. The SMILES string of the molecule is Cn1cc(C2CCCN2CCn2cccn2)cn1. The first kappa shape index (κ1) is 11.5. The normalized spacial score (nSPS) is 20.6. The molecule has 0 N–H and O–H groups in total. The molecule has 96 valence electrons. The summed E-state index contributed by atoms with van der Waals surface area (Å²) in [5.74, 6) is 0. The van der Waals surface area contributed by atoms with Crippen LogP contribution in [0, 0.1) is 0 Å². The van der Waals surface area contributed by atoms with Crippen LogP contribution in [0.3, 0.4) is 0 Å². The molecule has 0 spiro atoms. The third-order valence-electron chi connectivity index (χ3n) is 3.65. The van der Waals surface area contributed by atoms with Crippen LogP contribution in [0.2, 0.25) is 0 Å². The van der Waals surface area contributed by atoms with E-state index in [1.807, 2.05) is 41.1 Å². The summed E-state index contributed by atoms with van der Waals surface area (Å²) in [7, 11) is 1.98. The van der Waals surface area contributed by atoms with Gasteiger partial charge in [-0.05, 0) is 25.5 Å². The van der Waals surface area contributed by atoms with Crippen molar-refractivity contribution in [1.29, 1.82) is 0 Å². The molecular formula is C13H19N5. The van der Waals surface area contributed by atoms with Crippen molar-refractivity contribution < 1.29 is 0 Å². The van der Waals surface area contributed by atoms with Gasteiger partial charge in [-0.1, -0.05) is 0 Å². The Morgan fingerprint density at radius 3 is 3.00 bits per heavy atom. The first-order valence-corrected chi connectivity index (χ1v) is 6.53. The smallest absolute Gasteiger partial charge is 0.0537 e. The van der Waals surface area contributed by atoms with Gasteiger partial charge >= 0.3 is 0 Å². The second-order valence-electron chi connectivity index (χ2n) is 4.91. The second-order valence-corrected chi connectivity index (χ2v) is 4.91. The standard InChI is InChI=1S/C13H19N5/c1-16-11-12(10-15-16)13-4-2-6-17(13)8-9-18-7-3-5-14-18/h3,5,7,10-11,13H,2,4,6,8-9H2,1H3. The van der Waals surface area contributed by atoms with E-state index >= 15 is 0 Å². The van der Waals surface area contributed by atoms with Gasteiger partial charge in [-0.25, -0.2) is 0 Å². The van der Waals surface area contributed by atoms with Crippen LogP contribution >= 0.6 is 0 Å². The lowest BCUT2D eigenvalue weighted by Gasteiger charge is -2.23. The van der Waals surface area contributed by atoms with Crippen molar-refractivity contribution in [2.45, 2.75) is 25.4 Å².